The Balaban J connectivity index is 2.41. The van der Waals surface area contributed by atoms with Gasteiger partial charge in [0.1, 0.15) is 11.7 Å². The fourth-order valence-electron chi connectivity index (χ4n) is 3.54. The Kier molecular flexibility index (Phi) is 9.23. The van der Waals surface area contributed by atoms with Gasteiger partial charge in [-0.3, -0.25) is 14.4 Å². The van der Waals surface area contributed by atoms with Gasteiger partial charge in [0.2, 0.25) is 0 Å². The molecule has 0 aliphatic carbocycles. The lowest BCUT2D eigenvalue weighted by Crippen LogP contribution is -2.29. The highest BCUT2D eigenvalue weighted by molar-refractivity contribution is 6.10. The van der Waals surface area contributed by atoms with Gasteiger partial charge in [-0.15, -0.1) is 0 Å². The van der Waals surface area contributed by atoms with E-state index in [9.17, 15) is 32.7 Å². The smallest absolute Gasteiger partial charge is 0.416 e. The van der Waals surface area contributed by atoms with Crippen LogP contribution < -0.4 is 4.74 Å². The van der Waals surface area contributed by atoms with Crippen LogP contribution in [0.5, 0.6) is 5.75 Å². The van der Waals surface area contributed by atoms with Crippen LogP contribution in [0.2, 0.25) is 0 Å². The third-order valence-corrected chi connectivity index (χ3v) is 5.46. The molecule has 34 heavy (non-hydrogen) atoms. The zero-order valence-electron chi connectivity index (χ0n) is 19.1. The van der Waals surface area contributed by atoms with Gasteiger partial charge in [-0.25, -0.2) is 0 Å². The third-order valence-electron chi connectivity index (χ3n) is 5.46. The summed E-state index contributed by atoms with van der Waals surface area (Å²) in [6.07, 6.45) is -4.10. The van der Waals surface area contributed by atoms with Gasteiger partial charge in [-0.2, -0.15) is 13.2 Å². The van der Waals surface area contributed by atoms with Crippen molar-refractivity contribution in [1.29, 1.82) is 0 Å². The summed E-state index contributed by atoms with van der Waals surface area (Å²) in [6, 6.07) is 8.88. The Morgan fingerprint density at radius 1 is 0.971 bits per heavy atom. The minimum Gasteiger partial charge on any atom is -0.496 e. The highest BCUT2D eigenvalue weighted by Gasteiger charge is 2.33. The number of halogens is 3. The number of ether oxygens (including phenoxy) is 2. The van der Waals surface area contributed by atoms with Crippen LogP contribution in [-0.2, 0) is 33.3 Å². The predicted molar refractivity (Wildman–Crippen MR) is 118 cm³/mol. The van der Waals surface area contributed by atoms with E-state index in [2.05, 4.69) is 0 Å². The predicted octanol–water partition coefficient (Wildman–Crippen LogP) is 4.97. The highest BCUT2D eigenvalue weighted by Crippen LogP contribution is 2.30. The van der Waals surface area contributed by atoms with E-state index in [-0.39, 0.29) is 30.8 Å². The van der Waals surface area contributed by atoms with E-state index in [1.807, 2.05) is 0 Å². The van der Waals surface area contributed by atoms with Crippen molar-refractivity contribution in [2.45, 2.75) is 39.3 Å². The molecule has 0 aliphatic heterocycles. The number of ketones is 1. The zero-order chi connectivity index (χ0) is 25.5. The van der Waals surface area contributed by atoms with Crippen molar-refractivity contribution in [3.05, 3.63) is 64.7 Å². The number of rotatable bonds is 11. The number of esters is 1. The standard InChI is InChI=1S/C25H27F3O6/c1-4-17(23(30)31)12-16-8-11-21(33-3)19(14-16)22(29)20(24(32)34-5-2)13-15-6-9-18(10-7-15)25(26,27)28/h6-11,14,17,20H,4-5,12-13H2,1-3H3,(H,30,31). The number of aliphatic carboxylic acids is 1. The summed E-state index contributed by atoms with van der Waals surface area (Å²) in [5.41, 5.74) is 0.167. The molecule has 0 spiro atoms. The van der Waals surface area contributed by atoms with E-state index in [1.54, 1.807) is 19.9 Å². The highest BCUT2D eigenvalue weighted by atomic mass is 19.4. The second kappa shape index (κ2) is 11.7. The fourth-order valence-corrected chi connectivity index (χ4v) is 3.54. The van der Waals surface area contributed by atoms with Gasteiger partial charge >= 0.3 is 18.1 Å². The summed E-state index contributed by atoms with van der Waals surface area (Å²) >= 11 is 0. The van der Waals surface area contributed by atoms with Crippen LogP contribution in [0.1, 0.15) is 47.3 Å². The van der Waals surface area contributed by atoms with Crippen LogP contribution in [0.3, 0.4) is 0 Å². The first-order valence-electron chi connectivity index (χ1n) is 10.8. The molecule has 2 atom stereocenters. The Morgan fingerprint density at radius 3 is 2.09 bits per heavy atom. The summed E-state index contributed by atoms with van der Waals surface area (Å²) in [6.45, 7) is 3.34. The Bertz CT molecular complexity index is 1010. The van der Waals surface area contributed by atoms with Gasteiger partial charge in [-0.1, -0.05) is 25.1 Å². The molecule has 184 valence electrons. The van der Waals surface area contributed by atoms with E-state index in [4.69, 9.17) is 9.47 Å². The van der Waals surface area contributed by atoms with Gasteiger partial charge in [-0.05, 0) is 61.6 Å². The maximum atomic E-state index is 13.4. The van der Waals surface area contributed by atoms with Gasteiger partial charge in [0.15, 0.2) is 5.78 Å². The molecule has 9 heteroatoms. The zero-order valence-corrected chi connectivity index (χ0v) is 19.1. The molecule has 0 heterocycles. The van der Waals surface area contributed by atoms with E-state index in [1.165, 1.54) is 31.4 Å². The number of carboxylic acids is 1. The lowest BCUT2D eigenvalue weighted by Gasteiger charge is -2.18. The fraction of sp³-hybridized carbons (Fsp3) is 0.400. The Hall–Kier alpha value is -3.36. The molecular weight excluding hydrogens is 453 g/mol. The van der Waals surface area contributed by atoms with E-state index >= 15 is 0 Å². The van der Waals surface area contributed by atoms with Crippen LogP contribution in [0.15, 0.2) is 42.5 Å². The average molecular weight is 480 g/mol. The monoisotopic (exact) mass is 480 g/mol. The summed E-state index contributed by atoms with van der Waals surface area (Å²) in [5, 5.41) is 9.34. The number of hydrogen-bond acceptors (Lipinski definition) is 5. The first kappa shape index (κ1) is 26.9. The van der Waals surface area contributed by atoms with E-state index in [0.29, 0.717) is 17.5 Å². The summed E-state index contributed by atoms with van der Waals surface area (Å²) in [5.74, 6) is -4.17. The van der Waals surface area contributed by atoms with Crippen molar-refractivity contribution >= 4 is 17.7 Å². The third kappa shape index (κ3) is 6.82. The SMILES string of the molecule is CCOC(=O)C(Cc1ccc(C(F)(F)F)cc1)C(=O)c1cc(CC(CC)C(=O)O)ccc1OC. The number of methoxy groups -OCH3 is 1. The summed E-state index contributed by atoms with van der Waals surface area (Å²) in [4.78, 5) is 37.5. The molecule has 2 aromatic carbocycles. The lowest BCUT2D eigenvalue weighted by molar-refractivity contribution is -0.146. The molecule has 6 nitrogen and oxygen atoms in total. The molecule has 0 amide bonds. The number of alkyl halides is 3. The molecule has 2 rings (SSSR count). The van der Waals surface area contributed by atoms with Crippen LogP contribution >= 0.6 is 0 Å². The van der Waals surface area contributed by atoms with Crippen LogP contribution in [0.25, 0.3) is 0 Å². The van der Waals surface area contributed by atoms with Crippen LogP contribution in [0.4, 0.5) is 13.2 Å². The first-order chi connectivity index (χ1) is 16.0. The number of carbonyl (C=O) groups excluding carboxylic acids is 2. The molecular formula is C25H27F3O6. The summed E-state index contributed by atoms with van der Waals surface area (Å²) in [7, 11) is 1.35. The Labute approximate surface area is 195 Å². The first-order valence-corrected chi connectivity index (χ1v) is 10.8. The quantitative estimate of drug-likeness (QED) is 0.277. The normalized spacial score (nSPS) is 13.1. The molecule has 0 saturated carbocycles. The number of carboxylic acid groups (broad SMARTS) is 1. The molecule has 0 aliphatic rings. The van der Waals surface area contributed by atoms with Crippen molar-refractivity contribution in [1.82, 2.24) is 0 Å². The van der Waals surface area contributed by atoms with Crippen LogP contribution in [-0.4, -0.2) is 36.5 Å². The largest absolute Gasteiger partial charge is 0.496 e. The van der Waals surface area contributed by atoms with Gasteiger partial charge in [0, 0.05) is 0 Å². The van der Waals surface area contributed by atoms with Crippen molar-refractivity contribution in [2.75, 3.05) is 13.7 Å². The minimum atomic E-state index is -4.50. The average Bonchev–Trinajstić information content (AvgIpc) is 2.80. The molecule has 0 radical (unpaired) electrons. The Morgan fingerprint density at radius 2 is 1.59 bits per heavy atom. The van der Waals surface area contributed by atoms with Crippen molar-refractivity contribution in [3.8, 4) is 5.75 Å². The number of carbonyl (C=O) groups is 3. The maximum absolute atomic E-state index is 13.4. The van der Waals surface area contributed by atoms with Gasteiger partial charge in [0.05, 0.1) is 30.8 Å². The molecule has 0 saturated heterocycles. The van der Waals surface area contributed by atoms with Crippen molar-refractivity contribution < 1.29 is 42.1 Å². The molecule has 1 N–H and O–H groups in total. The van der Waals surface area contributed by atoms with E-state index < -0.39 is 41.3 Å². The van der Waals surface area contributed by atoms with Crippen molar-refractivity contribution in [3.63, 3.8) is 0 Å². The molecule has 0 fully saturated rings. The van der Waals surface area contributed by atoms with Gasteiger partial charge in [0.25, 0.3) is 0 Å². The molecule has 2 aromatic rings. The number of benzene rings is 2. The second-order valence-electron chi connectivity index (χ2n) is 7.75. The van der Waals surface area contributed by atoms with E-state index in [0.717, 1.165) is 12.1 Å². The molecule has 2 unspecified atom stereocenters. The second-order valence-corrected chi connectivity index (χ2v) is 7.75. The van der Waals surface area contributed by atoms with Gasteiger partial charge < -0.3 is 14.6 Å². The number of hydrogen-bond donors (Lipinski definition) is 1. The summed E-state index contributed by atoms with van der Waals surface area (Å²) < 4.78 is 48.9. The maximum Gasteiger partial charge on any atom is 0.416 e. The molecule has 0 bridgehead atoms. The topological polar surface area (TPSA) is 89.9 Å². The number of Topliss-reactive ketones (excluding diaryl/α,β-unsaturated/α-hetero) is 1. The minimum absolute atomic E-state index is 0.0175. The molecule has 0 aromatic heterocycles. The lowest BCUT2D eigenvalue weighted by atomic mass is 9.88. The van der Waals surface area contributed by atoms with Crippen molar-refractivity contribution in [2.24, 2.45) is 11.8 Å². The van der Waals surface area contributed by atoms with Crippen LogP contribution in [0, 0.1) is 11.8 Å².